The SMILES string of the molecule is c1ccc(N(c2ccc(-c3cccc4oc5ccc(C6(c7ccccc7)c7ccccc7-c7ccccc76)cc5c34)cc2)c2ccc3c(c2)oc2ccccc23)cc1. The zero-order valence-corrected chi connectivity index (χ0v) is 31.5. The first-order chi connectivity index (χ1) is 28.8. The van der Waals surface area contributed by atoms with E-state index in [0.717, 1.165) is 72.1 Å². The van der Waals surface area contributed by atoms with Gasteiger partial charge in [0.2, 0.25) is 0 Å². The summed E-state index contributed by atoms with van der Waals surface area (Å²) >= 11 is 0. The maximum Gasteiger partial charge on any atom is 0.137 e. The van der Waals surface area contributed by atoms with Gasteiger partial charge in [-0.15, -0.1) is 0 Å². The van der Waals surface area contributed by atoms with E-state index < -0.39 is 5.41 Å². The van der Waals surface area contributed by atoms with E-state index in [1.54, 1.807) is 0 Å². The number of furan rings is 2. The number of rotatable bonds is 6. The molecule has 0 saturated carbocycles. The van der Waals surface area contributed by atoms with Crippen molar-refractivity contribution in [2.45, 2.75) is 5.41 Å². The van der Waals surface area contributed by atoms with Gasteiger partial charge in [-0.2, -0.15) is 0 Å². The number of benzene rings is 9. The van der Waals surface area contributed by atoms with Gasteiger partial charge in [-0.05, 0) is 105 Å². The Labute approximate surface area is 335 Å². The summed E-state index contributed by atoms with van der Waals surface area (Å²) in [6, 6.07) is 76.1. The van der Waals surface area contributed by atoms with Gasteiger partial charge in [-0.3, -0.25) is 0 Å². The molecule has 3 heteroatoms. The molecule has 9 aromatic carbocycles. The number of nitrogens with zero attached hydrogens (tertiary/aromatic N) is 1. The normalized spacial score (nSPS) is 13.0. The van der Waals surface area contributed by atoms with Crippen LogP contribution >= 0.6 is 0 Å². The zero-order chi connectivity index (χ0) is 38.2. The van der Waals surface area contributed by atoms with Crippen LogP contribution in [-0.4, -0.2) is 0 Å². The van der Waals surface area contributed by atoms with Crippen LogP contribution in [-0.2, 0) is 5.41 Å². The van der Waals surface area contributed by atoms with E-state index in [9.17, 15) is 0 Å². The molecular weight excluding hydrogens is 707 g/mol. The molecule has 0 saturated heterocycles. The van der Waals surface area contributed by atoms with Gasteiger partial charge in [0.05, 0.1) is 5.41 Å². The van der Waals surface area contributed by atoms with E-state index in [0.29, 0.717) is 0 Å². The fourth-order valence-corrected chi connectivity index (χ4v) is 9.68. The van der Waals surface area contributed by atoms with Crippen molar-refractivity contribution >= 4 is 60.9 Å². The highest BCUT2D eigenvalue weighted by Crippen LogP contribution is 2.56. The van der Waals surface area contributed by atoms with Crippen LogP contribution < -0.4 is 4.90 Å². The molecule has 1 aliphatic carbocycles. The number of hydrogen-bond donors (Lipinski definition) is 0. The predicted molar refractivity (Wildman–Crippen MR) is 238 cm³/mol. The molecule has 0 amide bonds. The minimum absolute atomic E-state index is 0.491. The third-order valence-electron chi connectivity index (χ3n) is 12.2. The number of fused-ring (bicyclic) bond motifs is 9. The van der Waals surface area contributed by atoms with Gasteiger partial charge >= 0.3 is 0 Å². The molecule has 11 aromatic rings. The minimum atomic E-state index is -0.491. The van der Waals surface area contributed by atoms with Crippen molar-refractivity contribution in [3.63, 3.8) is 0 Å². The fourth-order valence-electron chi connectivity index (χ4n) is 9.68. The average molecular weight is 742 g/mol. The zero-order valence-electron chi connectivity index (χ0n) is 31.5. The van der Waals surface area contributed by atoms with Crippen molar-refractivity contribution in [3.8, 4) is 22.3 Å². The quantitative estimate of drug-likeness (QED) is 0.170. The summed E-state index contributed by atoms with van der Waals surface area (Å²) in [7, 11) is 0. The first-order valence-corrected chi connectivity index (χ1v) is 19.8. The van der Waals surface area contributed by atoms with Crippen molar-refractivity contribution in [3.05, 3.63) is 235 Å². The highest BCUT2D eigenvalue weighted by molar-refractivity contribution is 6.13. The Bertz CT molecular complexity index is 3290. The third-order valence-corrected chi connectivity index (χ3v) is 12.2. The average Bonchev–Trinajstić information content (AvgIpc) is 3.95. The molecule has 1 aliphatic rings. The number of hydrogen-bond acceptors (Lipinski definition) is 3. The van der Waals surface area contributed by atoms with Crippen LogP contribution in [0.15, 0.2) is 221 Å². The molecular formula is C55H35NO2. The summed E-state index contributed by atoms with van der Waals surface area (Å²) < 4.78 is 13.0. The van der Waals surface area contributed by atoms with Gasteiger partial charge in [0, 0.05) is 44.7 Å². The van der Waals surface area contributed by atoms with Crippen molar-refractivity contribution in [2.24, 2.45) is 0 Å². The van der Waals surface area contributed by atoms with Gasteiger partial charge < -0.3 is 13.7 Å². The van der Waals surface area contributed by atoms with E-state index in [-0.39, 0.29) is 0 Å². The van der Waals surface area contributed by atoms with E-state index in [1.165, 1.54) is 33.4 Å². The third kappa shape index (κ3) is 4.74. The standard InChI is InChI=1S/C55H35NO2/c1-3-14-37(15-4-1)55(48-22-10-7-18-43(48)44-19-8-11-23-49(44)55)38-28-33-51-47(34-38)54-42(21-13-25-52(54)57-51)36-26-29-40(30-27-36)56(39-16-5-2-6-17-39)41-31-32-46-45-20-9-12-24-50(45)58-53(46)35-41/h1-35H. The van der Waals surface area contributed by atoms with Gasteiger partial charge in [-0.1, -0.05) is 146 Å². The van der Waals surface area contributed by atoms with E-state index in [1.807, 2.05) is 12.1 Å². The molecule has 0 fully saturated rings. The van der Waals surface area contributed by atoms with Crippen molar-refractivity contribution in [1.29, 1.82) is 0 Å². The van der Waals surface area contributed by atoms with Gasteiger partial charge in [0.25, 0.3) is 0 Å². The van der Waals surface area contributed by atoms with Crippen LogP contribution in [0.2, 0.25) is 0 Å². The summed E-state index contributed by atoms with van der Waals surface area (Å²) in [5, 5.41) is 4.46. The summed E-state index contributed by atoms with van der Waals surface area (Å²) in [5.74, 6) is 0. The minimum Gasteiger partial charge on any atom is -0.456 e. The lowest BCUT2D eigenvalue weighted by molar-refractivity contribution is 0.668. The Morgan fingerprint density at radius 2 is 0.897 bits per heavy atom. The summed E-state index contributed by atoms with van der Waals surface area (Å²) in [6.07, 6.45) is 0. The van der Waals surface area contributed by atoms with E-state index >= 15 is 0 Å². The molecule has 2 aromatic heterocycles. The van der Waals surface area contributed by atoms with Gasteiger partial charge in [-0.25, -0.2) is 0 Å². The smallest absolute Gasteiger partial charge is 0.137 e. The molecule has 12 rings (SSSR count). The van der Waals surface area contributed by atoms with Crippen molar-refractivity contribution in [1.82, 2.24) is 0 Å². The predicted octanol–water partition coefficient (Wildman–Crippen LogP) is 15.0. The monoisotopic (exact) mass is 741 g/mol. The molecule has 0 bridgehead atoms. The first-order valence-electron chi connectivity index (χ1n) is 19.8. The van der Waals surface area contributed by atoms with Crippen LogP contribution in [0.5, 0.6) is 0 Å². The highest BCUT2D eigenvalue weighted by atomic mass is 16.3. The lowest BCUT2D eigenvalue weighted by Crippen LogP contribution is -2.28. The summed E-state index contributed by atoms with van der Waals surface area (Å²) in [5.41, 5.74) is 16.1. The van der Waals surface area contributed by atoms with E-state index in [2.05, 4.69) is 205 Å². The molecule has 0 aliphatic heterocycles. The highest BCUT2D eigenvalue weighted by Gasteiger charge is 2.46. The van der Waals surface area contributed by atoms with Crippen molar-refractivity contribution in [2.75, 3.05) is 4.90 Å². The maximum absolute atomic E-state index is 6.63. The van der Waals surface area contributed by atoms with Gasteiger partial charge in [0.1, 0.15) is 22.3 Å². The van der Waals surface area contributed by atoms with Crippen LogP contribution in [0.4, 0.5) is 17.1 Å². The molecule has 0 radical (unpaired) electrons. The summed E-state index contributed by atoms with van der Waals surface area (Å²) in [4.78, 5) is 2.29. The Hall–Kier alpha value is -7.62. The molecule has 0 spiro atoms. The fraction of sp³-hybridized carbons (Fsp3) is 0.0182. The summed E-state index contributed by atoms with van der Waals surface area (Å²) in [6.45, 7) is 0. The second-order valence-corrected chi connectivity index (χ2v) is 15.2. The second kappa shape index (κ2) is 12.7. The first kappa shape index (κ1) is 32.6. The van der Waals surface area contributed by atoms with E-state index in [4.69, 9.17) is 8.83 Å². The molecule has 0 N–H and O–H groups in total. The topological polar surface area (TPSA) is 29.5 Å². The number of anilines is 3. The van der Waals surface area contributed by atoms with Crippen LogP contribution in [0, 0.1) is 0 Å². The van der Waals surface area contributed by atoms with Gasteiger partial charge in [0.15, 0.2) is 0 Å². The molecule has 272 valence electrons. The molecule has 0 atom stereocenters. The largest absolute Gasteiger partial charge is 0.456 e. The molecule has 2 heterocycles. The Kier molecular flexibility index (Phi) is 7.14. The molecule has 3 nitrogen and oxygen atoms in total. The Balaban J connectivity index is 1.01. The lowest BCUT2D eigenvalue weighted by atomic mass is 9.67. The number of para-hydroxylation sites is 2. The molecule has 58 heavy (non-hydrogen) atoms. The van der Waals surface area contributed by atoms with Crippen LogP contribution in [0.25, 0.3) is 66.1 Å². The van der Waals surface area contributed by atoms with Crippen molar-refractivity contribution < 1.29 is 8.83 Å². The maximum atomic E-state index is 6.63. The molecule has 0 unspecified atom stereocenters. The Morgan fingerprint density at radius 3 is 1.67 bits per heavy atom. The van der Waals surface area contributed by atoms with Crippen LogP contribution in [0.1, 0.15) is 22.3 Å². The van der Waals surface area contributed by atoms with Crippen LogP contribution in [0.3, 0.4) is 0 Å². The lowest BCUT2D eigenvalue weighted by Gasteiger charge is -2.33. The second-order valence-electron chi connectivity index (χ2n) is 15.2. The Morgan fingerprint density at radius 1 is 0.328 bits per heavy atom.